The van der Waals surface area contributed by atoms with Crippen LogP contribution in [0.5, 0.6) is 0 Å². The van der Waals surface area contributed by atoms with E-state index in [-0.39, 0.29) is 29.9 Å². The molecule has 3 heterocycles. The molecule has 0 atom stereocenters. The molecule has 0 radical (unpaired) electrons. The lowest BCUT2D eigenvalue weighted by molar-refractivity contribution is -0.130. The third kappa shape index (κ3) is 7.34. The fourth-order valence-corrected chi connectivity index (χ4v) is 3.69. The lowest BCUT2D eigenvalue weighted by Crippen LogP contribution is -2.50. The molecule has 0 aliphatic carbocycles. The number of aryl methyl sites for hydroxylation is 1. The summed E-state index contributed by atoms with van der Waals surface area (Å²) in [5.41, 5.74) is 3.25. The van der Waals surface area contributed by atoms with Crippen molar-refractivity contribution in [3.63, 3.8) is 0 Å². The van der Waals surface area contributed by atoms with Gasteiger partial charge in [-0.25, -0.2) is 4.98 Å². The summed E-state index contributed by atoms with van der Waals surface area (Å²) in [4.78, 5) is 25.3. The molecular formula is C22H36IN7O. The zero-order chi connectivity index (χ0) is 21.5. The van der Waals surface area contributed by atoms with Crippen LogP contribution >= 0.6 is 24.0 Å². The van der Waals surface area contributed by atoms with Crippen LogP contribution in [-0.2, 0) is 11.2 Å². The van der Waals surface area contributed by atoms with Gasteiger partial charge < -0.3 is 19.9 Å². The highest BCUT2D eigenvalue weighted by Gasteiger charge is 2.22. The summed E-state index contributed by atoms with van der Waals surface area (Å²) in [6.45, 7) is 8.04. The average Bonchev–Trinajstić information content (AvgIpc) is 3.14. The maximum atomic E-state index is 11.9. The van der Waals surface area contributed by atoms with Crippen LogP contribution in [0, 0.1) is 6.92 Å². The molecule has 0 bridgehead atoms. The Kier molecular flexibility index (Phi) is 10.0. The number of rotatable bonds is 7. The monoisotopic (exact) mass is 541 g/mol. The normalized spacial score (nSPS) is 15.5. The molecule has 3 rings (SSSR count). The first-order valence-electron chi connectivity index (χ1n) is 10.9. The molecular weight excluding hydrogens is 505 g/mol. The predicted octanol–water partition coefficient (Wildman–Crippen LogP) is 1.91. The molecule has 2 aromatic rings. The van der Waals surface area contributed by atoms with E-state index >= 15 is 0 Å². The highest BCUT2D eigenvalue weighted by Crippen LogP contribution is 2.11. The van der Waals surface area contributed by atoms with Crippen LogP contribution in [0.2, 0.25) is 0 Å². The van der Waals surface area contributed by atoms with E-state index in [0.717, 1.165) is 56.2 Å². The number of likely N-dealkylation sites (N-methyl/N-ethyl adjacent to an activating group) is 1. The number of carbonyl (C=O) groups is 1. The van der Waals surface area contributed by atoms with Gasteiger partial charge in [-0.15, -0.1) is 24.0 Å². The Labute approximate surface area is 202 Å². The summed E-state index contributed by atoms with van der Waals surface area (Å²) in [6, 6.07) is 4.51. The second kappa shape index (κ2) is 12.2. The highest BCUT2D eigenvalue weighted by molar-refractivity contribution is 14.0. The summed E-state index contributed by atoms with van der Waals surface area (Å²) in [7, 11) is 3.62. The van der Waals surface area contributed by atoms with Gasteiger partial charge in [-0.2, -0.15) is 0 Å². The maximum absolute atomic E-state index is 11.9. The number of amides is 1. The van der Waals surface area contributed by atoms with Crippen LogP contribution < -0.4 is 10.6 Å². The Hall–Kier alpha value is -1.88. The number of nitrogens with one attached hydrogen (secondary N) is 2. The third-order valence-electron chi connectivity index (χ3n) is 5.50. The molecule has 9 heteroatoms. The molecule has 172 valence electrons. The Balaban J connectivity index is 0.00000341. The third-order valence-corrected chi connectivity index (χ3v) is 5.50. The van der Waals surface area contributed by atoms with Crippen molar-refractivity contribution in [3.05, 3.63) is 35.8 Å². The van der Waals surface area contributed by atoms with E-state index < -0.39 is 0 Å². The maximum Gasteiger partial charge on any atom is 0.236 e. The van der Waals surface area contributed by atoms with Gasteiger partial charge in [0.25, 0.3) is 0 Å². The Morgan fingerprint density at radius 2 is 2.06 bits per heavy atom. The lowest BCUT2D eigenvalue weighted by atomic mass is 10.1. The smallest absolute Gasteiger partial charge is 0.236 e. The predicted molar refractivity (Wildman–Crippen MR) is 136 cm³/mol. The summed E-state index contributed by atoms with van der Waals surface area (Å²) in [6.07, 6.45) is 6.95. The molecule has 1 saturated heterocycles. The topological polar surface area (TPSA) is 77.3 Å². The van der Waals surface area contributed by atoms with Crippen molar-refractivity contribution in [2.24, 2.45) is 4.99 Å². The molecule has 1 aliphatic rings. The summed E-state index contributed by atoms with van der Waals surface area (Å²) in [5, 5.41) is 6.92. The van der Waals surface area contributed by atoms with E-state index in [1.807, 2.05) is 26.4 Å². The number of nitrogens with zero attached hydrogens (tertiary/aromatic N) is 5. The van der Waals surface area contributed by atoms with Gasteiger partial charge in [0.05, 0.1) is 12.2 Å². The van der Waals surface area contributed by atoms with Gasteiger partial charge in [0, 0.05) is 65.1 Å². The van der Waals surface area contributed by atoms with E-state index in [9.17, 15) is 4.79 Å². The minimum atomic E-state index is 0. The second-order valence-corrected chi connectivity index (χ2v) is 8.15. The number of aromatic nitrogens is 2. The SMILES string of the molecule is CCNC(=NCCc1cn2cccc(C)c2n1)NC1CCN(CC(=O)N(C)C)CC1.I. The summed E-state index contributed by atoms with van der Waals surface area (Å²) >= 11 is 0. The number of carbonyl (C=O) groups excluding carboxylic acids is 1. The fourth-order valence-electron chi connectivity index (χ4n) is 3.69. The number of hydrogen-bond acceptors (Lipinski definition) is 4. The number of guanidine groups is 1. The van der Waals surface area contributed by atoms with Crippen molar-refractivity contribution in [2.45, 2.75) is 39.2 Å². The van der Waals surface area contributed by atoms with Gasteiger partial charge in [-0.1, -0.05) is 6.07 Å². The Morgan fingerprint density at radius 1 is 1.32 bits per heavy atom. The molecule has 1 fully saturated rings. The highest BCUT2D eigenvalue weighted by atomic mass is 127. The van der Waals surface area contributed by atoms with Crippen LogP contribution in [0.1, 0.15) is 31.0 Å². The number of piperidine rings is 1. The van der Waals surface area contributed by atoms with Crippen molar-refractivity contribution < 1.29 is 4.79 Å². The van der Waals surface area contributed by atoms with E-state index in [2.05, 4.69) is 46.0 Å². The number of aliphatic imine (C=N–C) groups is 1. The largest absolute Gasteiger partial charge is 0.357 e. The molecule has 2 aromatic heterocycles. The molecule has 0 unspecified atom stereocenters. The first-order valence-corrected chi connectivity index (χ1v) is 10.9. The fraction of sp³-hybridized carbons (Fsp3) is 0.591. The molecule has 0 spiro atoms. The van der Waals surface area contributed by atoms with Crippen LogP contribution in [0.3, 0.4) is 0 Å². The zero-order valence-electron chi connectivity index (χ0n) is 19.1. The molecule has 1 aliphatic heterocycles. The number of halogens is 1. The van der Waals surface area contributed by atoms with Crippen molar-refractivity contribution in [1.29, 1.82) is 0 Å². The second-order valence-electron chi connectivity index (χ2n) is 8.15. The molecule has 0 saturated carbocycles. The molecule has 0 aromatic carbocycles. The average molecular weight is 541 g/mol. The first-order chi connectivity index (χ1) is 14.5. The van der Waals surface area contributed by atoms with Crippen LogP contribution in [0.4, 0.5) is 0 Å². The van der Waals surface area contributed by atoms with Gasteiger partial charge >= 0.3 is 0 Å². The van der Waals surface area contributed by atoms with E-state index in [1.54, 1.807) is 4.90 Å². The minimum absolute atomic E-state index is 0. The molecule has 31 heavy (non-hydrogen) atoms. The van der Waals surface area contributed by atoms with Crippen molar-refractivity contribution in [1.82, 2.24) is 29.8 Å². The van der Waals surface area contributed by atoms with E-state index in [0.29, 0.717) is 19.1 Å². The first kappa shape index (κ1) is 25.4. The summed E-state index contributed by atoms with van der Waals surface area (Å²) in [5.74, 6) is 1.03. The number of imidazole rings is 1. The number of hydrogen-bond donors (Lipinski definition) is 2. The van der Waals surface area contributed by atoms with Crippen molar-refractivity contribution in [2.75, 3.05) is 46.8 Å². The number of fused-ring (bicyclic) bond motifs is 1. The van der Waals surface area contributed by atoms with E-state index in [4.69, 9.17) is 9.98 Å². The molecule has 8 nitrogen and oxygen atoms in total. The van der Waals surface area contributed by atoms with Gasteiger partial charge in [0.2, 0.25) is 5.91 Å². The molecule has 2 N–H and O–H groups in total. The van der Waals surface area contributed by atoms with Crippen LogP contribution in [0.25, 0.3) is 5.65 Å². The lowest BCUT2D eigenvalue weighted by Gasteiger charge is -2.33. The van der Waals surface area contributed by atoms with Gasteiger partial charge in [0.1, 0.15) is 5.65 Å². The van der Waals surface area contributed by atoms with Gasteiger partial charge in [-0.3, -0.25) is 14.7 Å². The molecule has 1 amide bonds. The van der Waals surface area contributed by atoms with Gasteiger partial charge in [-0.05, 0) is 38.3 Å². The van der Waals surface area contributed by atoms with Crippen LogP contribution in [-0.4, -0.2) is 83.9 Å². The Morgan fingerprint density at radius 3 is 2.71 bits per heavy atom. The van der Waals surface area contributed by atoms with Crippen molar-refractivity contribution in [3.8, 4) is 0 Å². The quantitative estimate of drug-likeness (QED) is 0.318. The van der Waals surface area contributed by atoms with Crippen LogP contribution in [0.15, 0.2) is 29.5 Å². The van der Waals surface area contributed by atoms with Gasteiger partial charge in [0.15, 0.2) is 5.96 Å². The zero-order valence-corrected chi connectivity index (χ0v) is 21.4. The van der Waals surface area contributed by atoms with Crippen molar-refractivity contribution >= 4 is 41.5 Å². The number of pyridine rings is 1. The van der Waals surface area contributed by atoms with E-state index in [1.165, 1.54) is 5.56 Å². The minimum Gasteiger partial charge on any atom is -0.357 e. The number of likely N-dealkylation sites (tertiary alicyclic amines) is 1. The Bertz CT molecular complexity index is 872. The summed E-state index contributed by atoms with van der Waals surface area (Å²) < 4.78 is 2.08. The standard InChI is InChI=1S/C22H35N7O.HI/c1-5-23-22(26-18-9-13-28(14-10-18)16-20(30)27(3)4)24-11-8-19-15-29-12-6-7-17(2)21(29)25-19;/h6-7,12,15,18H,5,8-11,13-14,16H2,1-4H3,(H2,23,24,26);1H.